The van der Waals surface area contributed by atoms with Crippen LogP contribution in [-0.2, 0) is 21.7 Å². The second-order valence-corrected chi connectivity index (χ2v) is 21.6. The van der Waals surface area contributed by atoms with Crippen molar-refractivity contribution in [2.75, 3.05) is 0 Å². The number of pyridine rings is 1. The van der Waals surface area contributed by atoms with Gasteiger partial charge in [0.25, 0.3) is 0 Å². The van der Waals surface area contributed by atoms with Crippen LogP contribution in [0.4, 0.5) is 0 Å². The average Bonchev–Trinajstić information content (AvgIpc) is 3.43. The molecule has 1 N–H and O–H groups in total. The summed E-state index contributed by atoms with van der Waals surface area (Å²) >= 11 is 0. The number of phenolic OH excluding ortho intramolecular Hbond substituents is 1. The van der Waals surface area contributed by atoms with E-state index in [-0.39, 0.29) is 22.1 Å². The van der Waals surface area contributed by atoms with Gasteiger partial charge in [-0.2, -0.15) is 0 Å². The number of rotatable bonds is 7. The highest BCUT2D eigenvalue weighted by molar-refractivity contribution is 5.98. The molecule has 0 fully saturated rings. The average molecular weight is 915 g/mol. The minimum Gasteiger partial charge on any atom is -0.507 e. The van der Waals surface area contributed by atoms with Crippen molar-refractivity contribution in [3.05, 3.63) is 192 Å². The van der Waals surface area contributed by atoms with Crippen molar-refractivity contribution < 1.29 is 17.4 Å². The molecule has 2 heterocycles. The molecule has 2 aromatic heterocycles. The lowest BCUT2D eigenvalue weighted by molar-refractivity contribution is 0.446. The highest BCUT2D eigenvalue weighted by Gasteiger charge is 2.30. The molecule has 0 radical (unpaired) electrons. The van der Waals surface area contributed by atoms with Gasteiger partial charge in [0.15, 0.2) is 0 Å². The van der Waals surface area contributed by atoms with Crippen molar-refractivity contribution in [3.8, 4) is 78.6 Å². The number of hydrogen-bond donors (Lipinski definition) is 1. The molecule has 0 aliphatic heterocycles. The molecule has 0 aliphatic carbocycles. The largest absolute Gasteiger partial charge is 0.507 e. The van der Waals surface area contributed by atoms with Crippen LogP contribution in [0.15, 0.2) is 164 Å². The Morgan fingerprint density at radius 1 is 0.464 bits per heavy atom. The van der Waals surface area contributed by atoms with Gasteiger partial charge in [0.1, 0.15) is 11.6 Å². The smallest absolute Gasteiger partial charge is 0.149 e. The molecule has 9 aromatic rings. The molecule has 0 atom stereocenters. The molecule has 0 unspecified atom stereocenters. The summed E-state index contributed by atoms with van der Waals surface area (Å²) in [6, 6.07) is 51.3. The van der Waals surface area contributed by atoms with Crippen molar-refractivity contribution in [2.24, 2.45) is 0 Å². The number of phenols is 1. The highest BCUT2D eigenvalue weighted by Crippen LogP contribution is 2.46. The van der Waals surface area contributed by atoms with Crippen LogP contribution in [0.5, 0.6) is 5.75 Å². The Labute approximate surface area is 423 Å². The highest BCUT2D eigenvalue weighted by atomic mass is 16.3. The molecular formula is C65H67N3O. The van der Waals surface area contributed by atoms with E-state index < -0.39 is 31.4 Å². The first-order valence-electron chi connectivity index (χ1n) is 28.2. The van der Waals surface area contributed by atoms with Crippen LogP contribution < -0.4 is 0 Å². The maximum atomic E-state index is 12.7. The number of para-hydroxylation sites is 1. The summed E-state index contributed by atoms with van der Waals surface area (Å²) in [5.41, 5.74) is 11.3. The normalized spacial score (nSPS) is 15.0. The van der Waals surface area contributed by atoms with E-state index in [1.54, 1.807) is 12.1 Å². The predicted molar refractivity (Wildman–Crippen MR) is 293 cm³/mol. The molecule has 0 amide bonds. The Morgan fingerprint density at radius 3 is 1.78 bits per heavy atom. The van der Waals surface area contributed by atoms with Gasteiger partial charge in [-0.15, -0.1) is 0 Å². The quantitative estimate of drug-likeness (QED) is 0.173. The molecule has 0 bridgehead atoms. The minimum absolute atomic E-state index is 0.130. The summed E-state index contributed by atoms with van der Waals surface area (Å²) in [4.78, 5) is 10.6. The zero-order valence-electron chi connectivity index (χ0n) is 50.4. The molecule has 348 valence electrons. The van der Waals surface area contributed by atoms with E-state index in [2.05, 4.69) is 147 Å². The van der Waals surface area contributed by atoms with Crippen molar-refractivity contribution in [1.82, 2.24) is 14.5 Å². The van der Waals surface area contributed by atoms with Gasteiger partial charge in [0, 0.05) is 40.8 Å². The van der Waals surface area contributed by atoms with Crippen LogP contribution in [0.1, 0.15) is 123 Å². The van der Waals surface area contributed by atoms with Gasteiger partial charge < -0.3 is 5.11 Å². The number of hydrogen-bond acceptors (Lipinski definition) is 3. The van der Waals surface area contributed by atoms with E-state index in [0.29, 0.717) is 28.0 Å². The van der Waals surface area contributed by atoms with E-state index in [1.807, 2.05) is 66.9 Å². The Morgan fingerprint density at radius 2 is 1.10 bits per heavy atom. The molecule has 4 nitrogen and oxygen atoms in total. The number of aromatic nitrogens is 3. The molecule has 0 spiro atoms. The van der Waals surface area contributed by atoms with Gasteiger partial charge in [-0.05, 0) is 127 Å². The maximum Gasteiger partial charge on any atom is 0.149 e. The first kappa shape index (κ1) is 36.9. The van der Waals surface area contributed by atoms with E-state index in [4.69, 9.17) is 22.3 Å². The van der Waals surface area contributed by atoms with E-state index in [9.17, 15) is 5.11 Å². The zero-order chi connectivity index (χ0) is 56.7. The topological polar surface area (TPSA) is 50.9 Å². The first-order valence-corrected chi connectivity index (χ1v) is 23.7. The third-order valence-corrected chi connectivity index (χ3v) is 13.2. The third kappa shape index (κ3) is 9.42. The summed E-state index contributed by atoms with van der Waals surface area (Å²) in [6.07, 6.45) is 1.87. The SMILES string of the molecule is [2H]C([2H])([2H])C(c1ccc(-c2ccc(-n3c(-c4cc(C(C)(C)C)cc(C(C)(C)C)c4O)nc4c(-c5cc(-c6cc(-c7cccc(C)c7)ccn6)cc(C(C)(C)C)c5)cccc43)c(-c3ccccc3)c2)cc1)(C([2H])([2H])[2H])C([2H])([2H])[2H]. The monoisotopic (exact) mass is 915 g/mol. The van der Waals surface area contributed by atoms with E-state index in [1.165, 1.54) is 17.7 Å². The summed E-state index contributed by atoms with van der Waals surface area (Å²) < 4.78 is 77.0. The van der Waals surface area contributed by atoms with Gasteiger partial charge in [-0.3, -0.25) is 9.55 Å². The maximum absolute atomic E-state index is 12.7. The number of benzene rings is 7. The Bertz CT molecular complexity index is 3680. The number of imidazole rings is 1. The summed E-state index contributed by atoms with van der Waals surface area (Å²) in [6.45, 7) is 11.3. The number of nitrogens with zero attached hydrogens (tertiary/aromatic N) is 3. The van der Waals surface area contributed by atoms with Crippen LogP contribution in [0.2, 0.25) is 0 Å². The molecule has 0 aliphatic rings. The molecule has 0 saturated heterocycles. The van der Waals surface area contributed by atoms with Gasteiger partial charge >= 0.3 is 0 Å². The Hall–Kier alpha value is -7.04. The Kier molecular flexibility index (Phi) is 9.36. The summed E-state index contributed by atoms with van der Waals surface area (Å²) in [7, 11) is 0. The van der Waals surface area contributed by atoms with E-state index >= 15 is 0 Å². The summed E-state index contributed by atoms with van der Waals surface area (Å²) in [5, 5.41) is 12.7. The number of aryl methyl sites for hydroxylation is 1. The van der Waals surface area contributed by atoms with E-state index in [0.717, 1.165) is 72.5 Å². The molecule has 0 saturated carbocycles. The predicted octanol–water partition coefficient (Wildman–Crippen LogP) is 17.6. The van der Waals surface area contributed by atoms with Crippen molar-refractivity contribution in [3.63, 3.8) is 0 Å². The van der Waals surface area contributed by atoms with Crippen LogP contribution >= 0.6 is 0 Å². The number of fused-ring (bicyclic) bond motifs is 1. The van der Waals surface area contributed by atoms with Crippen molar-refractivity contribution in [1.29, 1.82) is 0 Å². The van der Waals surface area contributed by atoms with Crippen LogP contribution in [0, 0.1) is 6.92 Å². The van der Waals surface area contributed by atoms with Gasteiger partial charge in [0.2, 0.25) is 0 Å². The van der Waals surface area contributed by atoms with Crippen molar-refractivity contribution >= 4 is 11.0 Å². The van der Waals surface area contributed by atoms with Crippen LogP contribution in [0.3, 0.4) is 0 Å². The Balaban J connectivity index is 1.33. The minimum atomic E-state index is -3.39. The molecule has 4 heteroatoms. The van der Waals surface area contributed by atoms with Gasteiger partial charge in [0.05, 0.1) is 28.0 Å². The number of aromatic hydroxyl groups is 1. The lowest BCUT2D eigenvalue weighted by Crippen LogP contribution is -2.17. The zero-order valence-corrected chi connectivity index (χ0v) is 41.4. The second kappa shape index (κ2) is 17.5. The van der Waals surface area contributed by atoms with Gasteiger partial charge in [-0.1, -0.05) is 198 Å². The lowest BCUT2D eigenvalue weighted by Gasteiger charge is -2.27. The first-order chi connectivity index (χ1) is 36.3. The van der Waals surface area contributed by atoms with Gasteiger partial charge in [-0.25, -0.2) is 4.98 Å². The summed E-state index contributed by atoms with van der Waals surface area (Å²) in [5.74, 6) is 0.654. The molecule has 7 aromatic carbocycles. The lowest BCUT2D eigenvalue weighted by atomic mass is 9.79. The van der Waals surface area contributed by atoms with Crippen molar-refractivity contribution in [2.45, 2.75) is 111 Å². The fourth-order valence-electron chi connectivity index (χ4n) is 9.20. The second-order valence-electron chi connectivity index (χ2n) is 21.6. The fourth-order valence-corrected chi connectivity index (χ4v) is 9.20. The molecule has 9 rings (SSSR count). The third-order valence-electron chi connectivity index (χ3n) is 13.2. The van der Waals surface area contributed by atoms with Crippen LogP contribution in [-0.4, -0.2) is 19.6 Å². The fraction of sp³-hybridized carbons (Fsp3) is 0.262. The molecule has 69 heavy (non-hydrogen) atoms. The molecular weight excluding hydrogens is 839 g/mol. The van der Waals surface area contributed by atoms with Crippen LogP contribution in [0.25, 0.3) is 83.9 Å². The standard InChI is InChI=1S/C65H67N3O/c1-41-19-17-22-44(33-41)46-31-32-66-56(38-46)48-34-47(35-50(36-48)63(5,6)7)52-23-18-24-58-59(52)67-61(54-39-51(64(8,9)10)40-55(60(54)69)65(11,12)13)68(58)57-30-27-45(37-53(57)43-20-15-14-16-21-43)42-25-28-49(29-26-42)62(2,3)4/h14-40,69H,1-13H3/i2D3,3D3,4D3.